The zero-order chi connectivity index (χ0) is 24.7. The summed E-state index contributed by atoms with van der Waals surface area (Å²) in [6, 6.07) is 6.16. The Morgan fingerprint density at radius 2 is 1.11 bits per heavy atom. The van der Waals surface area contributed by atoms with Crippen LogP contribution in [0.1, 0.15) is 0 Å². The highest BCUT2D eigenvalue weighted by molar-refractivity contribution is 7.13. The largest absolute Gasteiger partial charge is 0.493 e. The van der Waals surface area contributed by atoms with E-state index < -0.39 is 11.3 Å². The van der Waals surface area contributed by atoms with Crippen molar-refractivity contribution in [2.45, 2.75) is 0 Å². The highest BCUT2D eigenvalue weighted by atomic mass is 32.1. The Morgan fingerprint density at radius 3 is 1.63 bits per heavy atom. The summed E-state index contributed by atoms with van der Waals surface area (Å²) >= 11 is 1.15. The number of aromatic nitrogens is 3. The summed E-state index contributed by atoms with van der Waals surface area (Å²) in [4.78, 5) is 38.4. The van der Waals surface area contributed by atoms with E-state index in [1.54, 1.807) is 17.5 Å². The molecule has 3 aromatic heterocycles. The van der Waals surface area contributed by atoms with E-state index in [1.807, 2.05) is 0 Å². The average Bonchev–Trinajstić information content (AvgIpc) is 3.37. The van der Waals surface area contributed by atoms with E-state index >= 15 is 0 Å². The second-order valence-corrected chi connectivity index (χ2v) is 7.96. The molecule has 0 N–H and O–H groups in total. The highest BCUT2D eigenvalue weighted by Gasteiger charge is 2.19. The average molecular weight is 495 g/mol. The lowest BCUT2D eigenvalue weighted by Crippen LogP contribution is -2.05. The number of fused-ring (bicyclic) bond motifs is 2. The molecule has 3 heterocycles. The molecule has 2 aromatic carbocycles. The van der Waals surface area contributed by atoms with Crippen LogP contribution in [0.5, 0.6) is 23.0 Å². The predicted molar refractivity (Wildman–Crippen MR) is 127 cm³/mol. The van der Waals surface area contributed by atoms with Crippen molar-refractivity contribution < 1.29 is 27.8 Å². The minimum Gasteiger partial charge on any atom is -0.493 e. The first kappa shape index (κ1) is 22.3. The molecule has 11 nitrogen and oxygen atoms in total. The first-order valence-electron chi connectivity index (χ1n) is 10.1. The number of nitrogens with zero attached hydrogens (tertiary/aromatic N) is 3. The van der Waals surface area contributed by atoms with Gasteiger partial charge in [-0.2, -0.15) is 0 Å². The minimum absolute atomic E-state index is 0.000474. The maximum Gasteiger partial charge on any atom is 0.347 e. The van der Waals surface area contributed by atoms with E-state index in [0.717, 1.165) is 11.3 Å². The van der Waals surface area contributed by atoms with E-state index in [2.05, 4.69) is 15.0 Å². The summed E-state index contributed by atoms with van der Waals surface area (Å²) in [7, 11) is 5.91. The molecule has 12 heteroatoms. The molecule has 0 bridgehead atoms. The fourth-order valence-corrected chi connectivity index (χ4v) is 4.19. The number of hydrogen-bond donors (Lipinski definition) is 0. The SMILES string of the molecule is COc1cc2nc(-c3csc(-c4nc5cc(OC)c(OC)cc5c(=O)o4)n3)oc(=O)c2cc1OC. The van der Waals surface area contributed by atoms with Gasteiger partial charge in [-0.25, -0.2) is 24.5 Å². The summed E-state index contributed by atoms with van der Waals surface area (Å²) in [6.07, 6.45) is 0. The number of hydrogen-bond acceptors (Lipinski definition) is 12. The van der Waals surface area contributed by atoms with Crippen molar-refractivity contribution in [3.63, 3.8) is 0 Å². The van der Waals surface area contributed by atoms with Crippen LogP contribution in [0.4, 0.5) is 0 Å². The van der Waals surface area contributed by atoms with Crippen molar-refractivity contribution >= 4 is 33.1 Å². The zero-order valence-corrected chi connectivity index (χ0v) is 19.7. The van der Waals surface area contributed by atoms with Crippen LogP contribution in [0, 0.1) is 0 Å². The van der Waals surface area contributed by atoms with Crippen molar-refractivity contribution in [1.29, 1.82) is 0 Å². The Hall–Kier alpha value is -4.45. The van der Waals surface area contributed by atoms with Gasteiger partial charge >= 0.3 is 11.3 Å². The molecule has 0 unspecified atom stereocenters. The Kier molecular flexibility index (Phi) is 5.57. The van der Waals surface area contributed by atoms with Gasteiger partial charge in [0.25, 0.3) is 5.89 Å². The highest BCUT2D eigenvalue weighted by Crippen LogP contribution is 2.34. The molecule has 0 fully saturated rings. The molecular formula is C23H17N3O8S. The molecule has 0 aliphatic carbocycles. The molecule has 0 saturated carbocycles. The topological polar surface area (TPSA) is 136 Å². The summed E-state index contributed by atoms with van der Waals surface area (Å²) in [5.41, 5.74) is -0.256. The molecule has 0 amide bonds. The Bertz CT molecular complexity index is 1580. The van der Waals surface area contributed by atoms with Crippen LogP contribution in [-0.2, 0) is 0 Å². The lowest BCUT2D eigenvalue weighted by molar-refractivity contribution is 0.355. The van der Waals surface area contributed by atoms with Gasteiger partial charge in [-0.1, -0.05) is 0 Å². The summed E-state index contributed by atoms with van der Waals surface area (Å²) in [5, 5.41) is 2.38. The molecule has 0 radical (unpaired) electrons. The maximum absolute atomic E-state index is 12.6. The van der Waals surface area contributed by atoms with E-state index in [-0.39, 0.29) is 28.2 Å². The number of ether oxygens (including phenoxy) is 4. The quantitative estimate of drug-likeness (QED) is 0.342. The lowest BCUT2D eigenvalue weighted by Gasteiger charge is -2.08. The third kappa shape index (κ3) is 3.83. The smallest absolute Gasteiger partial charge is 0.347 e. The van der Waals surface area contributed by atoms with Crippen LogP contribution in [0.3, 0.4) is 0 Å². The fourth-order valence-electron chi connectivity index (χ4n) is 3.47. The summed E-state index contributed by atoms with van der Waals surface area (Å²) in [5.74, 6) is 1.58. The molecule has 0 saturated heterocycles. The number of thiazole rings is 1. The lowest BCUT2D eigenvalue weighted by atomic mass is 10.2. The van der Waals surface area contributed by atoms with E-state index in [1.165, 1.54) is 40.6 Å². The van der Waals surface area contributed by atoms with Gasteiger partial charge in [-0.15, -0.1) is 11.3 Å². The maximum atomic E-state index is 12.6. The van der Waals surface area contributed by atoms with E-state index in [0.29, 0.717) is 39.0 Å². The van der Waals surface area contributed by atoms with Crippen molar-refractivity contribution in [3.8, 4) is 45.5 Å². The molecule has 5 aromatic rings. The van der Waals surface area contributed by atoms with E-state index in [4.69, 9.17) is 27.8 Å². The molecule has 178 valence electrons. The number of benzene rings is 2. The van der Waals surface area contributed by atoms with Gasteiger partial charge in [0.1, 0.15) is 5.69 Å². The normalized spacial score (nSPS) is 11.1. The van der Waals surface area contributed by atoms with Crippen LogP contribution in [-0.4, -0.2) is 43.4 Å². The minimum atomic E-state index is -0.614. The van der Waals surface area contributed by atoms with Crippen molar-refractivity contribution in [1.82, 2.24) is 15.0 Å². The van der Waals surface area contributed by atoms with Gasteiger partial charge in [0.15, 0.2) is 28.0 Å². The van der Waals surface area contributed by atoms with Crippen LogP contribution in [0.15, 0.2) is 48.1 Å². The molecule has 0 atom stereocenters. The Morgan fingerprint density at radius 1 is 0.657 bits per heavy atom. The Balaban J connectivity index is 1.59. The van der Waals surface area contributed by atoms with Crippen LogP contribution in [0.2, 0.25) is 0 Å². The third-order valence-electron chi connectivity index (χ3n) is 5.17. The summed E-state index contributed by atoms with van der Waals surface area (Å²) in [6.45, 7) is 0. The monoisotopic (exact) mass is 495 g/mol. The molecule has 35 heavy (non-hydrogen) atoms. The molecule has 0 aliphatic rings. The van der Waals surface area contributed by atoms with Crippen molar-refractivity contribution in [3.05, 3.63) is 50.5 Å². The number of rotatable bonds is 6. The first-order chi connectivity index (χ1) is 16.9. The number of methoxy groups -OCH3 is 4. The van der Waals surface area contributed by atoms with Gasteiger partial charge in [-0.3, -0.25) is 0 Å². The zero-order valence-electron chi connectivity index (χ0n) is 18.9. The molecular weight excluding hydrogens is 478 g/mol. The van der Waals surface area contributed by atoms with Gasteiger partial charge in [0.2, 0.25) is 5.89 Å². The van der Waals surface area contributed by atoms with Crippen LogP contribution < -0.4 is 30.2 Å². The third-order valence-corrected chi connectivity index (χ3v) is 6.00. The summed E-state index contributed by atoms with van der Waals surface area (Å²) < 4.78 is 31.8. The second-order valence-electron chi connectivity index (χ2n) is 7.10. The van der Waals surface area contributed by atoms with Gasteiger partial charge < -0.3 is 27.8 Å². The van der Waals surface area contributed by atoms with Crippen molar-refractivity contribution in [2.75, 3.05) is 28.4 Å². The van der Waals surface area contributed by atoms with Crippen molar-refractivity contribution in [2.24, 2.45) is 0 Å². The van der Waals surface area contributed by atoms with E-state index in [9.17, 15) is 9.59 Å². The molecule has 0 aliphatic heterocycles. The van der Waals surface area contributed by atoms with Gasteiger partial charge in [0.05, 0.1) is 50.2 Å². The second kappa shape index (κ2) is 8.72. The van der Waals surface area contributed by atoms with Crippen LogP contribution >= 0.6 is 11.3 Å². The molecule has 5 rings (SSSR count). The fraction of sp³-hybridized carbons (Fsp3) is 0.174. The predicted octanol–water partition coefficient (Wildman–Crippen LogP) is 3.51. The first-order valence-corrected chi connectivity index (χ1v) is 10.9. The van der Waals surface area contributed by atoms with Crippen LogP contribution in [0.25, 0.3) is 44.3 Å². The van der Waals surface area contributed by atoms with Gasteiger partial charge in [0, 0.05) is 29.6 Å². The van der Waals surface area contributed by atoms with Gasteiger partial charge in [-0.05, 0) is 0 Å². The Labute approximate surface area is 200 Å². The molecule has 0 spiro atoms. The standard InChI is InChI=1S/C23H17N3O8S/c1-29-15-5-10-12(7-17(15)31-3)24-19(33-22(10)27)14-9-35-21(26-14)20-25-13-8-18(32-4)16(30-2)6-11(13)23(28)34-20/h5-9H,1-4H3.